The Kier molecular flexibility index (Phi) is 40.2. The minimum Gasteiger partial charge on any atom is -0.852 e. The van der Waals surface area contributed by atoms with Crippen LogP contribution >= 0.6 is 0 Å². The minimum atomic E-state index is -0.419. The van der Waals surface area contributed by atoms with Gasteiger partial charge in [-0.1, -0.05) is 52.2 Å². The zero-order valence-corrected chi connectivity index (χ0v) is 19.5. The van der Waals surface area contributed by atoms with E-state index in [1.165, 1.54) is 6.42 Å². The van der Waals surface area contributed by atoms with Gasteiger partial charge in [0.1, 0.15) is 0 Å². The predicted octanol–water partition coefficient (Wildman–Crippen LogP) is 4.33. The van der Waals surface area contributed by atoms with E-state index in [1.54, 1.807) is 26.0 Å². The monoisotopic (exact) mass is 500 g/mol. The summed E-state index contributed by atoms with van der Waals surface area (Å²) in [6.45, 7) is 16.0. The van der Waals surface area contributed by atoms with Crippen molar-refractivity contribution in [2.75, 3.05) is 0 Å². The van der Waals surface area contributed by atoms with Gasteiger partial charge in [-0.15, -0.1) is 31.8 Å². The molecule has 1 rings (SSSR count). The van der Waals surface area contributed by atoms with Gasteiger partial charge in [-0.25, -0.2) is 12.2 Å². The van der Waals surface area contributed by atoms with E-state index in [4.69, 9.17) is 0 Å². The second kappa shape index (κ2) is 30.6. The van der Waals surface area contributed by atoms with Gasteiger partial charge < -0.3 is 17.1 Å². The summed E-state index contributed by atoms with van der Waals surface area (Å²) >= 11 is 0. The summed E-state index contributed by atoms with van der Waals surface area (Å²) in [6, 6.07) is 0. The molecule has 0 amide bonds. The molecule has 2 unspecified atom stereocenters. The molecule has 0 aliphatic heterocycles. The van der Waals surface area contributed by atoms with Crippen LogP contribution in [0.5, 0.6) is 0 Å². The zero-order chi connectivity index (χ0) is 18.3. The molecule has 3 heteroatoms. The maximum absolute atomic E-state index is 10.2. The van der Waals surface area contributed by atoms with Crippen LogP contribution in [0.1, 0.15) is 65.7 Å². The molecule has 0 aromatic carbocycles. The molecule has 0 saturated heterocycles. The van der Waals surface area contributed by atoms with Crippen LogP contribution in [0.4, 0.5) is 0 Å². The van der Waals surface area contributed by atoms with Crippen LogP contribution < -0.4 is 10.2 Å². The first kappa shape index (κ1) is 31.5. The van der Waals surface area contributed by atoms with Crippen LogP contribution in [-0.2, 0) is 25.8 Å². The quantitative estimate of drug-likeness (QED) is 0.298. The summed E-state index contributed by atoms with van der Waals surface area (Å²) in [5.74, 6) is 0. The summed E-state index contributed by atoms with van der Waals surface area (Å²) < 4.78 is 0. The topological polar surface area (TPSA) is 46.1 Å². The van der Waals surface area contributed by atoms with Crippen molar-refractivity contribution in [1.82, 2.24) is 0 Å². The van der Waals surface area contributed by atoms with Crippen LogP contribution in [0, 0.1) is 13.0 Å². The molecule has 0 aromatic heterocycles. The van der Waals surface area contributed by atoms with E-state index in [0.717, 1.165) is 38.5 Å². The first-order valence-electron chi connectivity index (χ1n) is 8.50. The fraction of sp³-hybridized carbons (Fsp3) is 0.571. The molecule has 0 N–H and O–H groups in total. The average molecular weight is 499 g/mol. The molecule has 0 saturated carbocycles. The molecule has 2 nitrogen and oxygen atoms in total. The van der Waals surface area contributed by atoms with Crippen molar-refractivity contribution in [3.05, 3.63) is 56.5 Å². The zero-order valence-electron chi connectivity index (χ0n) is 15.9. The van der Waals surface area contributed by atoms with Crippen molar-refractivity contribution in [3.63, 3.8) is 0 Å². The van der Waals surface area contributed by atoms with Gasteiger partial charge >= 0.3 is 25.8 Å². The maximum Gasteiger partial charge on any atom is 4.00 e. The fourth-order valence-corrected chi connectivity index (χ4v) is 1.05. The Balaban J connectivity index is -0.000000112. The van der Waals surface area contributed by atoms with Gasteiger partial charge in [0, 0.05) is 0 Å². The van der Waals surface area contributed by atoms with Gasteiger partial charge in [-0.2, -0.15) is 12.5 Å². The molecule has 136 valence electrons. The number of rotatable bonds is 7. The summed E-state index contributed by atoms with van der Waals surface area (Å²) in [6.07, 6.45) is 18.1. The average Bonchev–Trinajstić information content (AvgIpc) is 3.11. The minimum absolute atomic E-state index is 0. The smallest absolute Gasteiger partial charge is 0.852 e. The number of unbranched alkanes of at least 4 members (excludes halogenated alkanes) is 1. The molecular formula is C21H36HfO2. The Hall–Kier alpha value is -0.250. The van der Waals surface area contributed by atoms with Gasteiger partial charge in [-0.05, 0) is 12.8 Å². The Bertz CT molecular complexity index is 254. The fourth-order valence-electron chi connectivity index (χ4n) is 1.05. The standard InChI is InChI=1S/2C6H11O.C5H5.C4H9.Hf/c2*1-3-4-5-6(2)7;1-2-4-5-3-1;1-3-4-2;/h2*3,6H,1,4-5H2,2H3;1-3H,4H2;1,3-4H2,2H3;/q4*-1;+4. The third kappa shape index (κ3) is 49.5. The number of hydrogen-bond donors (Lipinski definition) is 0. The third-order valence-electron chi connectivity index (χ3n) is 2.49. The van der Waals surface area contributed by atoms with Gasteiger partial charge in [0.05, 0.1) is 0 Å². The Labute approximate surface area is 170 Å². The summed E-state index contributed by atoms with van der Waals surface area (Å²) in [5, 5.41) is 20.5. The molecule has 1 aliphatic rings. The maximum atomic E-state index is 10.2. The normalized spacial score (nSPS) is 12.8. The Morgan fingerprint density at radius 1 is 1.12 bits per heavy atom. The van der Waals surface area contributed by atoms with Gasteiger partial charge in [-0.3, -0.25) is 6.08 Å². The molecule has 24 heavy (non-hydrogen) atoms. The van der Waals surface area contributed by atoms with E-state index in [0.29, 0.717) is 0 Å². The van der Waals surface area contributed by atoms with E-state index >= 15 is 0 Å². The molecule has 0 aromatic rings. The van der Waals surface area contributed by atoms with E-state index in [9.17, 15) is 10.2 Å². The van der Waals surface area contributed by atoms with Crippen molar-refractivity contribution in [2.24, 2.45) is 0 Å². The largest absolute Gasteiger partial charge is 4.00 e. The molecule has 0 heterocycles. The second-order valence-corrected chi connectivity index (χ2v) is 5.21. The molecule has 2 atom stereocenters. The van der Waals surface area contributed by atoms with E-state index in [1.807, 2.05) is 12.2 Å². The molecule has 0 spiro atoms. The molecule has 1 aliphatic carbocycles. The summed E-state index contributed by atoms with van der Waals surface area (Å²) in [5.41, 5.74) is 0. The number of hydrogen-bond acceptors (Lipinski definition) is 2. The molecule has 0 fully saturated rings. The van der Waals surface area contributed by atoms with E-state index in [2.05, 4.69) is 39.2 Å². The molecule has 0 radical (unpaired) electrons. The molecule has 0 bridgehead atoms. The van der Waals surface area contributed by atoms with Crippen molar-refractivity contribution in [1.29, 1.82) is 0 Å². The Morgan fingerprint density at radius 3 is 1.62 bits per heavy atom. The first-order chi connectivity index (χ1) is 11.0. The van der Waals surface area contributed by atoms with Crippen LogP contribution in [-0.4, -0.2) is 12.2 Å². The first-order valence-corrected chi connectivity index (χ1v) is 8.50. The van der Waals surface area contributed by atoms with Gasteiger partial charge in [0.25, 0.3) is 0 Å². The van der Waals surface area contributed by atoms with Crippen molar-refractivity contribution < 1.29 is 36.1 Å². The van der Waals surface area contributed by atoms with Gasteiger partial charge in [0.15, 0.2) is 0 Å². The van der Waals surface area contributed by atoms with Crippen molar-refractivity contribution >= 4 is 0 Å². The van der Waals surface area contributed by atoms with Crippen molar-refractivity contribution in [3.8, 4) is 0 Å². The third-order valence-corrected chi connectivity index (χ3v) is 2.49. The Morgan fingerprint density at radius 2 is 1.54 bits per heavy atom. The van der Waals surface area contributed by atoms with Crippen LogP contribution in [0.2, 0.25) is 0 Å². The van der Waals surface area contributed by atoms with Gasteiger partial charge in [0.2, 0.25) is 0 Å². The van der Waals surface area contributed by atoms with Crippen LogP contribution in [0.3, 0.4) is 0 Å². The predicted molar refractivity (Wildman–Crippen MR) is 99.6 cm³/mol. The van der Waals surface area contributed by atoms with E-state index < -0.39 is 12.2 Å². The van der Waals surface area contributed by atoms with Crippen LogP contribution in [0.15, 0.2) is 43.5 Å². The summed E-state index contributed by atoms with van der Waals surface area (Å²) in [7, 11) is 0. The van der Waals surface area contributed by atoms with E-state index in [-0.39, 0.29) is 25.8 Å². The summed E-state index contributed by atoms with van der Waals surface area (Å²) in [4.78, 5) is 0. The second-order valence-electron chi connectivity index (χ2n) is 5.21. The van der Waals surface area contributed by atoms with Crippen molar-refractivity contribution in [2.45, 2.75) is 77.9 Å². The SMILES string of the molecule is C=CCCC(C)[O-].C=CCCC(C)[O-].[C-]1=CC=CC1.[CH2-]CCC.[Hf+4]. The van der Waals surface area contributed by atoms with Crippen LogP contribution in [0.25, 0.3) is 0 Å². The molecular weight excluding hydrogens is 463 g/mol. The number of allylic oxidation sites excluding steroid dienone is 6.